The van der Waals surface area contributed by atoms with E-state index >= 15 is 0 Å². The number of rotatable bonds is 5. The molecule has 3 rings (SSSR count). The predicted octanol–water partition coefficient (Wildman–Crippen LogP) is 1.57. The van der Waals surface area contributed by atoms with Gasteiger partial charge in [-0.05, 0) is 25.5 Å². The topological polar surface area (TPSA) is 49.3 Å². The van der Waals surface area contributed by atoms with Gasteiger partial charge in [-0.3, -0.25) is 9.89 Å². The number of aliphatic imine (C=N–C) groups is 1. The Kier molecular flexibility index (Phi) is 6.68. The second kappa shape index (κ2) is 9.19. The predicted molar refractivity (Wildman–Crippen MR) is 100 cm³/mol. The highest BCUT2D eigenvalue weighted by atomic mass is 19.1. The van der Waals surface area contributed by atoms with Crippen molar-refractivity contribution in [1.82, 2.24) is 15.1 Å². The van der Waals surface area contributed by atoms with Crippen LogP contribution in [-0.4, -0.2) is 80.9 Å². The van der Waals surface area contributed by atoms with Crippen LogP contribution in [0, 0.1) is 5.82 Å². The molecule has 144 valence electrons. The van der Waals surface area contributed by atoms with E-state index in [-0.39, 0.29) is 17.7 Å². The molecule has 0 radical (unpaired) electrons. The minimum absolute atomic E-state index is 0.165. The van der Waals surface area contributed by atoms with Gasteiger partial charge in [-0.1, -0.05) is 12.1 Å². The van der Waals surface area contributed by atoms with Crippen LogP contribution in [0.1, 0.15) is 13.3 Å². The van der Waals surface area contributed by atoms with Gasteiger partial charge in [0.15, 0.2) is 17.5 Å². The van der Waals surface area contributed by atoms with Gasteiger partial charge in [0, 0.05) is 39.3 Å². The van der Waals surface area contributed by atoms with Crippen molar-refractivity contribution < 1.29 is 13.9 Å². The highest BCUT2D eigenvalue weighted by molar-refractivity contribution is 5.80. The quantitative estimate of drug-likeness (QED) is 0.635. The van der Waals surface area contributed by atoms with Crippen molar-refractivity contribution in [3.63, 3.8) is 0 Å². The number of nitrogens with one attached hydrogen (secondary N) is 1. The van der Waals surface area contributed by atoms with E-state index in [0.717, 1.165) is 51.8 Å². The van der Waals surface area contributed by atoms with Crippen molar-refractivity contribution in [2.75, 3.05) is 53.0 Å². The zero-order chi connectivity index (χ0) is 18.4. The Bertz CT molecular complexity index is 607. The minimum atomic E-state index is -0.336. The van der Waals surface area contributed by atoms with Crippen LogP contribution in [0.15, 0.2) is 29.3 Å². The maximum atomic E-state index is 13.7. The van der Waals surface area contributed by atoms with E-state index in [0.29, 0.717) is 12.6 Å². The Morgan fingerprint density at radius 2 is 2.12 bits per heavy atom. The van der Waals surface area contributed by atoms with Gasteiger partial charge in [0.25, 0.3) is 0 Å². The number of hydrogen-bond acceptors (Lipinski definition) is 4. The number of halogens is 1. The van der Waals surface area contributed by atoms with E-state index < -0.39 is 0 Å². The molecule has 2 unspecified atom stereocenters. The van der Waals surface area contributed by atoms with Crippen LogP contribution in [0.5, 0.6) is 5.75 Å². The summed E-state index contributed by atoms with van der Waals surface area (Å²) in [5.74, 6) is 0.826. The van der Waals surface area contributed by atoms with Crippen LogP contribution in [0.25, 0.3) is 0 Å². The zero-order valence-electron chi connectivity index (χ0n) is 15.7. The van der Waals surface area contributed by atoms with Crippen LogP contribution < -0.4 is 10.1 Å². The Hall–Kier alpha value is -1.86. The second-order valence-corrected chi connectivity index (χ2v) is 6.82. The Morgan fingerprint density at radius 1 is 1.35 bits per heavy atom. The van der Waals surface area contributed by atoms with E-state index in [1.54, 1.807) is 25.2 Å². The second-order valence-electron chi connectivity index (χ2n) is 6.82. The average Bonchev–Trinajstić information content (AvgIpc) is 3.15. The summed E-state index contributed by atoms with van der Waals surface area (Å²) in [7, 11) is 1.80. The molecule has 2 saturated heterocycles. The molecule has 2 aliphatic rings. The molecule has 0 aliphatic carbocycles. The molecule has 1 aromatic rings. The summed E-state index contributed by atoms with van der Waals surface area (Å²) in [4.78, 5) is 9.21. The van der Waals surface area contributed by atoms with Gasteiger partial charge < -0.3 is 19.7 Å². The standard InChI is InChI=1S/C19H29FN4O2/c1-15(26-18-6-4-3-5-17(18)20)13-22-19(21-2)24-8-7-16(14-24)23-9-11-25-12-10-23/h3-6,15-16H,7-14H2,1-2H3,(H,21,22). The van der Waals surface area contributed by atoms with Crippen LogP contribution in [-0.2, 0) is 4.74 Å². The fourth-order valence-corrected chi connectivity index (χ4v) is 3.54. The maximum Gasteiger partial charge on any atom is 0.193 e. The lowest BCUT2D eigenvalue weighted by molar-refractivity contribution is 0.0194. The van der Waals surface area contributed by atoms with Crippen molar-refractivity contribution in [2.24, 2.45) is 4.99 Å². The Balaban J connectivity index is 1.46. The lowest BCUT2D eigenvalue weighted by Crippen LogP contribution is -2.47. The van der Waals surface area contributed by atoms with E-state index in [9.17, 15) is 4.39 Å². The molecular weight excluding hydrogens is 335 g/mol. The molecule has 2 aliphatic heterocycles. The monoisotopic (exact) mass is 364 g/mol. The first kappa shape index (κ1) is 18.9. The third-order valence-electron chi connectivity index (χ3n) is 4.95. The van der Waals surface area contributed by atoms with E-state index in [2.05, 4.69) is 20.1 Å². The molecule has 2 heterocycles. The van der Waals surface area contributed by atoms with Gasteiger partial charge in [-0.2, -0.15) is 0 Å². The van der Waals surface area contributed by atoms with Gasteiger partial charge in [-0.15, -0.1) is 0 Å². The molecule has 0 aromatic heterocycles. The number of ether oxygens (including phenoxy) is 2. The fraction of sp³-hybridized carbons (Fsp3) is 0.632. The molecule has 1 N–H and O–H groups in total. The number of likely N-dealkylation sites (tertiary alicyclic amines) is 1. The SMILES string of the molecule is CN=C(NCC(C)Oc1ccccc1F)N1CCC(N2CCOCC2)C1. The average molecular weight is 364 g/mol. The first-order valence-corrected chi connectivity index (χ1v) is 9.36. The molecule has 0 spiro atoms. The van der Waals surface area contributed by atoms with Gasteiger partial charge in [0.2, 0.25) is 0 Å². The number of para-hydroxylation sites is 1. The van der Waals surface area contributed by atoms with Gasteiger partial charge >= 0.3 is 0 Å². The first-order chi connectivity index (χ1) is 12.7. The van der Waals surface area contributed by atoms with Gasteiger partial charge in [0.05, 0.1) is 19.8 Å². The van der Waals surface area contributed by atoms with Crippen LogP contribution in [0.2, 0.25) is 0 Å². The lowest BCUT2D eigenvalue weighted by atomic mass is 10.2. The molecule has 26 heavy (non-hydrogen) atoms. The zero-order valence-corrected chi connectivity index (χ0v) is 15.7. The molecule has 2 fully saturated rings. The Morgan fingerprint density at radius 3 is 2.85 bits per heavy atom. The number of hydrogen-bond donors (Lipinski definition) is 1. The summed E-state index contributed by atoms with van der Waals surface area (Å²) in [6.07, 6.45) is 0.975. The van der Waals surface area contributed by atoms with E-state index in [4.69, 9.17) is 9.47 Å². The molecule has 2 atom stereocenters. The largest absolute Gasteiger partial charge is 0.486 e. The van der Waals surface area contributed by atoms with Crippen molar-refractivity contribution in [2.45, 2.75) is 25.5 Å². The summed E-state index contributed by atoms with van der Waals surface area (Å²) in [5, 5.41) is 3.36. The van der Waals surface area contributed by atoms with Crippen LogP contribution in [0.4, 0.5) is 4.39 Å². The van der Waals surface area contributed by atoms with Crippen LogP contribution in [0.3, 0.4) is 0 Å². The smallest absolute Gasteiger partial charge is 0.193 e. The summed E-state index contributed by atoms with van der Waals surface area (Å²) < 4.78 is 24.8. The van der Waals surface area contributed by atoms with E-state index in [1.807, 2.05) is 6.92 Å². The first-order valence-electron chi connectivity index (χ1n) is 9.36. The number of benzene rings is 1. The summed E-state index contributed by atoms with van der Waals surface area (Å²) in [6, 6.07) is 7.04. The summed E-state index contributed by atoms with van der Waals surface area (Å²) >= 11 is 0. The highest BCUT2D eigenvalue weighted by Crippen LogP contribution is 2.18. The van der Waals surface area contributed by atoms with Crippen molar-refractivity contribution in [1.29, 1.82) is 0 Å². The minimum Gasteiger partial charge on any atom is -0.486 e. The molecule has 6 nitrogen and oxygen atoms in total. The molecule has 0 saturated carbocycles. The van der Waals surface area contributed by atoms with E-state index in [1.165, 1.54) is 6.07 Å². The van der Waals surface area contributed by atoms with Crippen molar-refractivity contribution in [3.05, 3.63) is 30.1 Å². The Labute approximate surface area is 155 Å². The van der Waals surface area contributed by atoms with Gasteiger partial charge in [0.1, 0.15) is 6.10 Å². The maximum absolute atomic E-state index is 13.7. The summed E-state index contributed by atoms with van der Waals surface area (Å²) in [5.41, 5.74) is 0. The van der Waals surface area contributed by atoms with Gasteiger partial charge in [-0.25, -0.2) is 4.39 Å². The van der Waals surface area contributed by atoms with Crippen molar-refractivity contribution >= 4 is 5.96 Å². The third-order valence-corrected chi connectivity index (χ3v) is 4.95. The molecule has 7 heteroatoms. The molecule has 1 aromatic carbocycles. The lowest BCUT2D eigenvalue weighted by Gasteiger charge is -2.32. The fourth-order valence-electron chi connectivity index (χ4n) is 3.54. The highest BCUT2D eigenvalue weighted by Gasteiger charge is 2.30. The number of morpholine rings is 1. The number of nitrogens with zero attached hydrogens (tertiary/aromatic N) is 3. The normalized spacial score (nSPS) is 23.1. The third kappa shape index (κ3) is 4.86. The molecule has 0 bridgehead atoms. The van der Waals surface area contributed by atoms with Crippen LogP contribution >= 0.6 is 0 Å². The molecule has 0 amide bonds. The molecular formula is C19H29FN4O2. The summed E-state index contributed by atoms with van der Waals surface area (Å²) in [6.45, 7) is 8.14. The number of guanidine groups is 1. The van der Waals surface area contributed by atoms with Crippen molar-refractivity contribution in [3.8, 4) is 5.75 Å².